The van der Waals surface area contributed by atoms with Gasteiger partial charge in [0.15, 0.2) is 12.1 Å². The molecule has 0 radical (unpaired) electrons. The molecule has 1 saturated heterocycles. The van der Waals surface area contributed by atoms with Gasteiger partial charge in [0, 0.05) is 6.54 Å². The van der Waals surface area contributed by atoms with E-state index in [-0.39, 0.29) is 58.3 Å². The second-order valence-corrected chi connectivity index (χ2v) is 22.5. The number of hydrogen-bond donors (Lipinski definition) is 18. The fourth-order valence-corrected chi connectivity index (χ4v) is 9.56. The van der Waals surface area contributed by atoms with Crippen molar-refractivity contribution in [3.63, 3.8) is 0 Å². The van der Waals surface area contributed by atoms with Crippen molar-refractivity contribution in [2.45, 2.75) is 223 Å². The highest BCUT2D eigenvalue weighted by molar-refractivity contribution is 6.18. The molecule has 0 spiro atoms. The first-order valence-electron chi connectivity index (χ1n) is 31.4. The Balaban J connectivity index is 4.14. The number of amides is 10. The van der Waals surface area contributed by atoms with Gasteiger partial charge in [-0.3, -0.25) is 47.9 Å². The number of aliphatic hydroxyl groups is 4. The molecule has 0 aromatic heterocycles. The molecule has 10 amide bonds. The summed E-state index contributed by atoms with van der Waals surface area (Å²) in [5, 5.41) is 76.3. The molecule has 0 unspecified atom stereocenters. The van der Waals surface area contributed by atoms with Gasteiger partial charge in [-0.25, -0.2) is 9.59 Å². The summed E-state index contributed by atoms with van der Waals surface area (Å²) in [6, 6.07) is -15.5. The predicted molar refractivity (Wildman–Crippen MR) is 333 cm³/mol. The molecule has 1 rings (SSSR count). The number of cyclic esters (lactones) is 1. The van der Waals surface area contributed by atoms with E-state index in [1.165, 1.54) is 6.92 Å². The summed E-state index contributed by atoms with van der Waals surface area (Å²) in [6.07, 6.45) is 0.818. The Morgan fingerprint density at radius 3 is 1.68 bits per heavy atom. The van der Waals surface area contributed by atoms with Gasteiger partial charge in [-0.1, -0.05) is 84.6 Å². The van der Waals surface area contributed by atoms with Crippen LogP contribution in [0, 0.1) is 0 Å². The Labute approximate surface area is 536 Å². The molecule has 1 fully saturated rings. The first-order valence-corrected chi connectivity index (χ1v) is 32.0. The Kier molecular flexibility index (Phi) is 42.0. The minimum absolute atomic E-state index is 0.141. The van der Waals surface area contributed by atoms with Crippen molar-refractivity contribution in [3.8, 4) is 0 Å². The van der Waals surface area contributed by atoms with Gasteiger partial charge >= 0.3 is 11.9 Å². The maximum Gasteiger partial charge on any atom is 0.335 e. The molecule has 33 heteroatoms. The van der Waals surface area contributed by atoms with E-state index < -0.39 is 175 Å². The van der Waals surface area contributed by atoms with Crippen molar-refractivity contribution in [1.82, 2.24) is 58.1 Å². The number of allylic oxidation sites excluding steroid dienone is 1. The van der Waals surface area contributed by atoms with Crippen LogP contribution in [0.4, 0.5) is 0 Å². The quantitative estimate of drug-likeness (QED) is 0.0125. The van der Waals surface area contributed by atoms with Crippen LogP contribution in [0.1, 0.15) is 150 Å². The number of nitrogens with zero attached hydrogens (tertiary/aromatic N) is 1. The highest BCUT2D eigenvalue weighted by atomic mass is 35.5. The number of esters is 1. The Morgan fingerprint density at radius 1 is 0.626 bits per heavy atom. The molecule has 12 atom stereocenters. The highest BCUT2D eigenvalue weighted by Gasteiger charge is 2.41. The normalized spacial score (nSPS) is 23.5. The number of carbonyl (C=O) groups is 12. The first kappa shape index (κ1) is 82.4. The van der Waals surface area contributed by atoms with Gasteiger partial charge < -0.3 is 106 Å². The van der Waals surface area contributed by atoms with Gasteiger partial charge in [-0.2, -0.15) is 0 Å². The molecule has 1 aliphatic heterocycles. The van der Waals surface area contributed by atoms with Crippen LogP contribution in [0.15, 0.2) is 11.8 Å². The van der Waals surface area contributed by atoms with E-state index in [1.807, 2.05) is 24.5 Å². The molecule has 0 saturated carbocycles. The number of unbranched alkanes of at least 4 members (excludes halogenated alkanes) is 9. The number of nitrogens with one attached hydrogen (secondary N) is 10. The third kappa shape index (κ3) is 32.0. The smallest absolute Gasteiger partial charge is 0.335 e. The van der Waals surface area contributed by atoms with Gasteiger partial charge in [0.25, 0.3) is 5.91 Å². The lowest BCUT2D eigenvalue weighted by atomic mass is 10.0. The van der Waals surface area contributed by atoms with Crippen LogP contribution < -0.4 is 70.4 Å². The molecule has 32 nitrogen and oxygen atoms in total. The lowest BCUT2D eigenvalue weighted by Gasteiger charge is -2.29. The molecule has 520 valence electrons. The zero-order valence-electron chi connectivity index (χ0n) is 53.2. The summed E-state index contributed by atoms with van der Waals surface area (Å²) < 4.78 is 5.36. The number of aliphatic carboxylic acids is 1. The Morgan fingerprint density at radius 2 is 1.15 bits per heavy atom. The van der Waals surface area contributed by atoms with E-state index >= 15 is 0 Å². The van der Waals surface area contributed by atoms with Crippen LogP contribution >= 0.6 is 11.6 Å². The fourth-order valence-electron chi connectivity index (χ4n) is 9.38. The molecule has 0 aliphatic carbocycles. The number of carboxylic acid groups (broad SMARTS) is 1. The van der Waals surface area contributed by atoms with E-state index in [2.05, 4.69) is 54.4 Å². The van der Waals surface area contributed by atoms with Crippen LogP contribution in [0.25, 0.3) is 0 Å². The average molecular weight is 1320 g/mol. The van der Waals surface area contributed by atoms with Gasteiger partial charge in [0.1, 0.15) is 54.6 Å². The topological polar surface area (TPSA) is 517 Å². The number of carbonyl (C=O) groups excluding carboxylic acids is 11. The third-order valence-corrected chi connectivity index (χ3v) is 15.2. The SMILES string of the molecule is C/C=C1\NC(=O)[C@H]([C@H](C)O)NC(=O)[C@H](CCN)NC(=O)[C@H](CCCCN)NC(=O)[C@H](CC(=O)NCCCN(CC)CC)NC(=O)[C@@H](CCN)NC(=O)[C@@H](NC(=O)C[C@H](O)CCCCCCCCCCC)COC(=O)[C@H]([C@H](O)CCl)NC(=O)[C@H]([C@H](O)C(=O)O)NC1=O. The minimum atomic E-state index is -2.83. The van der Waals surface area contributed by atoms with E-state index in [0.717, 1.165) is 77.5 Å². The van der Waals surface area contributed by atoms with Crippen molar-refractivity contribution < 1.29 is 87.8 Å². The van der Waals surface area contributed by atoms with Crippen molar-refractivity contribution in [1.29, 1.82) is 0 Å². The van der Waals surface area contributed by atoms with Crippen molar-refractivity contribution >= 4 is 82.6 Å². The molecule has 1 heterocycles. The van der Waals surface area contributed by atoms with Crippen LogP contribution in [-0.4, -0.2) is 232 Å². The minimum Gasteiger partial charge on any atom is -0.479 e. The number of aliphatic hydroxyl groups excluding tert-OH is 4. The summed E-state index contributed by atoms with van der Waals surface area (Å²) in [5.41, 5.74) is 16.8. The summed E-state index contributed by atoms with van der Waals surface area (Å²) in [7, 11) is 0. The van der Waals surface area contributed by atoms with Crippen molar-refractivity contribution in [2.75, 3.05) is 58.3 Å². The zero-order valence-corrected chi connectivity index (χ0v) is 54.0. The number of halogens is 1. The summed E-state index contributed by atoms with van der Waals surface area (Å²) in [5.74, 6) is -16.4. The fraction of sp³-hybridized carbons (Fsp3) is 0.759. The van der Waals surface area contributed by atoms with E-state index in [0.29, 0.717) is 25.8 Å². The number of nitrogens with two attached hydrogens (primary N) is 3. The average Bonchev–Trinajstić information content (AvgIpc) is 1.40. The molecule has 21 N–H and O–H groups in total. The number of alkyl halides is 1. The van der Waals surface area contributed by atoms with Crippen LogP contribution in [0.2, 0.25) is 0 Å². The largest absolute Gasteiger partial charge is 0.479 e. The van der Waals surface area contributed by atoms with Crippen LogP contribution in [0.3, 0.4) is 0 Å². The van der Waals surface area contributed by atoms with Gasteiger partial charge in [0.05, 0.1) is 37.0 Å². The zero-order chi connectivity index (χ0) is 68.6. The highest BCUT2D eigenvalue weighted by Crippen LogP contribution is 2.14. The molecule has 1 aliphatic rings. The van der Waals surface area contributed by atoms with Crippen molar-refractivity contribution in [3.05, 3.63) is 11.8 Å². The maximum atomic E-state index is 14.5. The van der Waals surface area contributed by atoms with E-state index in [4.69, 9.17) is 33.5 Å². The Hall–Kier alpha value is -6.65. The monoisotopic (exact) mass is 1320 g/mol. The summed E-state index contributed by atoms with van der Waals surface area (Å²) in [6.45, 7) is 8.91. The van der Waals surface area contributed by atoms with Crippen molar-refractivity contribution in [2.24, 2.45) is 17.2 Å². The van der Waals surface area contributed by atoms with Gasteiger partial charge in [0.2, 0.25) is 53.2 Å². The predicted octanol–water partition coefficient (Wildman–Crippen LogP) is -4.40. The molecule has 0 aromatic carbocycles. The summed E-state index contributed by atoms with van der Waals surface area (Å²) >= 11 is 5.91. The number of carboxylic acids is 1. The van der Waals surface area contributed by atoms with Gasteiger partial charge in [-0.15, -0.1) is 11.6 Å². The van der Waals surface area contributed by atoms with E-state index in [9.17, 15) is 83.1 Å². The second kappa shape index (κ2) is 46.4. The van der Waals surface area contributed by atoms with Crippen LogP contribution in [-0.2, 0) is 62.3 Å². The Bertz CT molecular complexity index is 2350. The molecule has 0 bridgehead atoms. The standard InChI is InChI=1S/C58H103ClN14O18/c1-6-10-11-12-13-14-15-16-17-21-35(75)30-44(78)64-41-33-91-58(90)46(42(76)32-59)71-56(87)47(48(79)57(88)89)72-49(80)36(7-2)65-55(86)45(34(5)74)70-52(83)39(24-27-62)67-50(81)37(22-18-19-25-60)66-53(84)40(69-51(82)38(23-26-61)68-54(41)85)31-43(77)63-28-20-29-73(8-3)9-4/h7,34-35,37-42,45-48,74-76,79H,6,8-33,60-62H2,1-5H3,(H,63,77)(H,64,78)(H,65,86)(H,66,84)(H,67,81)(H,68,85)(H,69,82)(H,70,83)(H,71,87)(H,72,80)(H,88,89)/b36-7-/t34-,35+,37-,38+,39-,40-,41-,42+,45-,46-,47-,48-/m0/s1. The summed E-state index contributed by atoms with van der Waals surface area (Å²) in [4.78, 5) is 169. The first-order chi connectivity index (χ1) is 43.3. The van der Waals surface area contributed by atoms with E-state index in [1.54, 1.807) is 0 Å². The third-order valence-electron chi connectivity index (χ3n) is 14.8. The van der Waals surface area contributed by atoms with Gasteiger partial charge in [-0.05, 0) is 98.1 Å². The number of hydrogen-bond acceptors (Lipinski definition) is 21. The molecule has 91 heavy (non-hydrogen) atoms. The molecular weight excluding hydrogens is 1220 g/mol. The second-order valence-electron chi connectivity index (χ2n) is 22.2. The lowest BCUT2D eigenvalue weighted by molar-refractivity contribution is -0.155. The lowest BCUT2D eigenvalue weighted by Crippen LogP contribution is -2.62. The molecular formula is C58H103ClN14O18. The maximum absolute atomic E-state index is 14.5. The molecule has 0 aromatic rings. The van der Waals surface area contributed by atoms with Crippen LogP contribution in [0.5, 0.6) is 0 Å². The number of ether oxygens (including phenoxy) is 1. The number of rotatable bonds is 34.